The summed E-state index contributed by atoms with van der Waals surface area (Å²) in [5.41, 5.74) is 7.16. The Balaban J connectivity index is 1.98. The molecule has 1 aromatic carbocycles. The molecule has 0 bridgehead atoms. The second-order valence-electron chi connectivity index (χ2n) is 6.34. The van der Waals surface area contributed by atoms with Gasteiger partial charge in [0.15, 0.2) is 0 Å². The molecule has 1 fully saturated rings. The van der Waals surface area contributed by atoms with E-state index in [1.165, 1.54) is 0 Å². The lowest BCUT2D eigenvalue weighted by atomic mass is 9.96. The molecule has 0 spiro atoms. The molecule has 3 rings (SSSR count). The van der Waals surface area contributed by atoms with Gasteiger partial charge in [0.2, 0.25) is 0 Å². The first kappa shape index (κ1) is 16.3. The highest BCUT2D eigenvalue weighted by Crippen LogP contribution is 2.35. The van der Waals surface area contributed by atoms with Crippen molar-refractivity contribution in [2.24, 2.45) is 5.73 Å². The normalized spacial score (nSPS) is 19.8. The molecule has 2 atom stereocenters. The maximum absolute atomic E-state index is 13.1. The van der Waals surface area contributed by atoms with Gasteiger partial charge in [-0.3, -0.25) is 4.79 Å². The van der Waals surface area contributed by atoms with Crippen LogP contribution < -0.4 is 10.5 Å². The first-order chi connectivity index (χ1) is 11.0. The minimum Gasteiger partial charge on any atom is -0.497 e. The molecular weight excluding hydrogens is 308 g/mol. The van der Waals surface area contributed by atoms with Gasteiger partial charge in [-0.15, -0.1) is 11.3 Å². The number of likely N-dealkylation sites (tertiary alicyclic amines) is 1. The smallest absolute Gasteiger partial charge is 0.264 e. The predicted octanol–water partition coefficient (Wildman–Crippen LogP) is 3.56. The lowest BCUT2D eigenvalue weighted by Gasteiger charge is -2.38. The molecule has 2 heterocycles. The van der Waals surface area contributed by atoms with Crippen LogP contribution in [0.4, 0.5) is 0 Å². The van der Waals surface area contributed by atoms with E-state index in [-0.39, 0.29) is 18.0 Å². The number of aryl methyl sites for hydroxylation is 1. The molecule has 5 heteroatoms. The largest absolute Gasteiger partial charge is 0.497 e. The zero-order valence-corrected chi connectivity index (χ0v) is 14.8. The van der Waals surface area contributed by atoms with Gasteiger partial charge in [0.25, 0.3) is 5.91 Å². The summed E-state index contributed by atoms with van der Waals surface area (Å²) < 4.78 is 6.43. The van der Waals surface area contributed by atoms with Crippen molar-refractivity contribution in [2.45, 2.75) is 45.2 Å². The van der Waals surface area contributed by atoms with Crippen molar-refractivity contribution in [3.8, 4) is 5.75 Å². The molecule has 0 radical (unpaired) electrons. The van der Waals surface area contributed by atoms with E-state index >= 15 is 0 Å². The second kappa shape index (κ2) is 6.49. The number of amides is 1. The fraction of sp³-hybridized carbons (Fsp3) is 0.500. The Kier molecular flexibility index (Phi) is 4.60. The predicted molar refractivity (Wildman–Crippen MR) is 95.4 cm³/mol. The van der Waals surface area contributed by atoms with Crippen LogP contribution in [0.25, 0.3) is 10.1 Å². The summed E-state index contributed by atoms with van der Waals surface area (Å²) in [5, 5.41) is 1.10. The Hall–Kier alpha value is -1.59. The number of hydrogen-bond acceptors (Lipinski definition) is 4. The molecule has 0 aliphatic carbocycles. The van der Waals surface area contributed by atoms with E-state index in [1.54, 1.807) is 18.4 Å². The molecular formula is C18H24N2O2S. The van der Waals surface area contributed by atoms with E-state index in [0.717, 1.165) is 52.1 Å². The third kappa shape index (κ3) is 2.95. The van der Waals surface area contributed by atoms with Gasteiger partial charge in [-0.2, -0.15) is 0 Å². The lowest BCUT2D eigenvalue weighted by Crippen LogP contribution is -2.51. The van der Waals surface area contributed by atoms with Gasteiger partial charge in [-0.25, -0.2) is 0 Å². The van der Waals surface area contributed by atoms with Crippen LogP contribution in [-0.4, -0.2) is 36.5 Å². The molecule has 23 heavy (non-hydrogen) atoms. The molecule has 1 amide bonds. The van der Waals surface area contributed by atoms with Crippen molar-refractivity contribution in [2.75, 3.05) is 13.7 Å². The number of carbonyl (C=O) groups excluding carboxylic acids is 1. The zero-order valence-electron chi connectivity index (χ0n) is 14.0. The highest BCUT2D eigenvalue weighted by molar-refractivity contribution is 7.21. The molecule has 1 aliphatic rings. The van der Waals surface area contributed by atoms with Gasteiger partial charge >= 0.3 is 0 Å². The van der Waals surface area contributed by atoms with Crippen molar-refractivity contribution in [1.29, 1.82) is 0 Å². The standard InChI is InChI=1S/C18H24N2O2S/c1-11-14-10-13(22-3)7-8-16(14)23-17(11)18(21)20-9-5-4-6-15(20)12(2)19/h7-8,10,12,15H,4-6,9,19H2,1-3H3. The number of methoxy groups -OCH3 is 1. The van der Waals surface area contributed by atoms with E-state index in [4.69, 9.17) is 10.5 Å². The maximum atomic E-state index is 13.1. The van der Waals surface area contributed by atoms with Gasteiger partial charge in [0.05, 0.1) is 12.0 Å². The Labute approximate surface area is 141 Å². The fourth-order valence-corrected chi connectivity index (χ4v) is 4.56. The van der Waals surface area contributed by atoms with Gasteiger partial charge in [-0.1, -0.05) is 0 Å². The monoisotopic (exact) mass is 332 g/mol. The summed E-state index contributed by atoms with van der Waals surface area (Å²) in [6.45, 7) is 4.83. The van der Waals surface area contributed by atoms with E-state index in [0.29, 0.717) is 0 Å². The summed E-state index contributed by atoms with van der Waals surface area (Å²) in [6.07, 6.45) is 3.21. The summed E-state index contributed by atoms with van der Waals surface area (Å²) in [4.78, 5) is 15.9. The highest BCUT2D eigenvalue weighted by Gasteiger charge is 2.31. The molecule has 0 saturated carbocycles. The number of nitrogens with two attached hydrogens (primary N) is 1. The number of ether oxygens (including phenoxy) is 1. The fourth-order valence-electron chi connectivity index (χ4n) is 3.42. The number of rotatable bonds is 3. The number of carbonyl (C=O) groups is 1. The lowest BCUT2D eigenvalue weighted by molar-refractivity contribution is 0.0588. The minimum absolute atomic E-state index is 0.00836. The maximum Gasteiger partial charge on any atom is 0.264 e. The van der Waals surface area contributed by atoms with Crippen LogP contribution >= 0.6 is 11.3 Å². The Morgan fingerprint density at radius 2 is 2.22 bits per heavy atom. The second-order valence-corrected chi connectivity index (χ2v) is 7.39. The van der Waals surface area contributed by atoms with E-state index in [1.807, 2.05) is 36.9 Å². The summed E-state index contributed by atoms with van der Waals surface area (Å²) in [6, 6.07) is 6.14. The van der Waals surface area contributed by atoms with Crippen LogP contribution in [0.1, 0.15) is 41.4 Å². The van der Waals surface area contributed by atoms with Gasteiger partial charge in [-0.05, 0) is 62.3 Å². The summed E-state index contributed by atoms with van der Waals surface area (Å²) in [7, 11) is 1.66. The molecule has 2 N–H and O–H groups in total. The highest BCUT2D eigenvalue weighted by atomic mass is 32.1. The molecule has 1 saturated heterocycles. The van der Waals surface area contributed by atoms with Crippen molar-refractivity contribution < 1.29 is 9.53 Å². The van der Waals surface area contributed by atoms with E-state index in [2.05, 4.69) is 0 Å². The van der Waals surface area contributed by atoms with Crippen LogP contribution in [0, 0.1) is 6.92 Å². The molecule has 124 valence electrons. The average molecular weight is 332 g/mol. The number of benzene rings is 1. The van der Waals surface area contributed by atoms with Gasteiger partial charge in [0.1, 0.15) is 5.75 Å². The Morgan fingerprint density at radius 3 is 2.91 bits per heavy atom. The number of fused-ring (bicyclic) bond motifs is 1. The number of thiophene rings is 1. The number of piperidine rings is 1. The van der Waals surface area contributed by atoms with Crippen LogP contribution in [0.2, 0.25) is 0 Å². The molecule has 2 aromatic rings. The average Bonchev–Trinajstić information content (AvgIpc) is 2.90. The number of nitrogens with zero attached hydrogens (tertiary/aromatic N) is 1. The van der Waals surface area contributed by atoms with Crippen LogP contribution in [-0.2, 0) is 0 Å². The van der Waals surface area contributed by atoms with Crippen LogP contribution in [0.5, 0.6) is 5.75 Å². The van der Waals surface area contributed by atoms with E-state index in [9.17, 15) is 4.79 Å². The van der Waals surface area contributed by atoms with Crippen LogP contribution in [0.15, 0.2) is 18.2 Å². The van der Waals surface area contributed by atoms with Crippen LogP contribution in [0.3, 0.4) is 0 Å². The first-order valence-electron chi connectivity index (χ1n) is 8.16. The van der Waals surface area contributed by atoms with Gasteiger partial charge < -0.3 is 15.4 Å². The van der Waals surface area contributed by atoms with Gasteiger partial charge in [0, 0.05) is 23.3 Å². The zero-order chi connectivity index (χ0) is 16.6. The van der Waals surface area contributed by atoms with Crippen molar-refractivity contribution in [3.63, 3.8) is 0 Å². The number of hydrogen-bond donors (Lipinski definition) is 1. The Morgan fingerprint density at radius 1 is 1.43 bits per heavy atom. The summed E-state index contributed by atoms with van der Waals surface area (Å²) in [5.74, 6) is 0.952. The minimum atomic E-state index is 0.00836. The molecule has 2 unspecified atom stereocenters. The van der Waals surface area contributed by atoms with Crippen molar-refractivity contribution >= 4 is 27.3 Å². The third-order valence-electron chi connectivity index (χ3n) is 4.75. The first-order valence-corrected chi connectivity index (χ1v) is 8.98. The third-order valence-corrected chi connectivity index (χ3v) is 6.02. The molecule has 1 aromatic heterocycles. The summed E-state index contributed by atoms with van der Waals surface area (Å²) >= 11 is 1.57. The Bertz CT molecular complexity index is 723. The van der Waals surface area contributed by atoms with Crippen molar-refractivity contribution in [1.82, 2.24) is 4.90 Å². The topological polar surface area (TPSA) is 55.6 Å². The SMILES string of the molecule is COc1ccc2sc(C(=O)N3CCCCC3C(C)N)c(C)c2c1. The van der Waals surface area contributed by atoms with Crippen molar-refractivity contribution in [3.05, 3.63) is 28.6 Å². The van der Waals surface area contributed by atoms with E-state index < -0.39 is 0 Å². The quantitative estimate of drug-likeness (QED) is 0.935. The molecule has 4 nitrogen and oxygen atoms in total. The molecule has 1 aliphatic heterocycles.